The maximum absolute atomic E-state index is 12.5. The molecular weight excluding hydrogens is 791 g/mol. The van der Waals surface area contributed by atoms with Gasteiger partial charge in [-0.3, -0.25) is 9.59 Å². The first-order valence-electron chi connectivity index (χ1n) is 28.6. The number of amides is 1. The minimum Gasteiger partial charge on any atom is -0.466 e. The van der Waals surface area contributed by atoms with Crippen LogP contribution in [-0.4, -0.2) is 47.4 Å². The van der Waals surface area contributed by atoms with Crippen molar-refractivity contribution in [3.63, 3.8) is 0 Å². The zero-order chi connectivity index (χ0) is 46.5. The minimum absolute atomic E-state index is 0.0124. The van der Waals surface area contributed by atoms with Gasteiger partial charge in [0.05, 0.1) is 25.4 Å². The smallest absolute Gasteiger partial charge is 0.305 e. The second kappa shape index (κ2) is 54.0. The van der Waals surface area contributed by atoms with Crippen molar-refractivity contribution in [1.29, 1.82) is 0 Å². The van der Waals surface area contributed by atoms with Crippen molar-refractivity contribution in [1.82, 2.24) is 5.32 Å². The van der Waals surface area contributed by atoms with Crippen LogP contribution in [0.15, 0.2) is 24.3 Å². The number of carbonyl (C=O) groups excluding carboxylic acids is 2. The number of hydrogen-bond acceptors (Lipinski definition) is 5. The fourth-order valence-electron chi connectivity index (χ4n) is 8.85. The van der Waals surface area contributed by atoms with Gasteiger partial charge in [-0.2, -0.15) is 0 Å². The average molecular weight is 903 g/mol. The molecule has 0 aromatic carbocycles. The first-order valence-corrected chi connectivity index (χ1v) is 28.6. The lowest BCUT2D eigenvalue weighted by Gasteiger charge is -2.22. The maximum Gasteiger partial charge on any atom is 0.305 e. The van der Waals surface area contributed by atoms with Crippen LogP contribution in [0.4, 0.5) is 0 Å². The van der Waals surface area contributed by atoms with Gasteiger partial charge < -0.3 is 20.3 Å². The van der Waals surface area contributed by atoms with Crippen LogP contribution in [0.3, 0.4) is 0 Å². The van der Waals surface area contributed by atoms with Gasteiger partial charge in [-0.25, -0.2) is 0 Å². The molecule has 2 atom stereocenters. The summed E-state index contributed by atoms with van der Waals surface area (Å²) < 4.78 is 5.47. The Morgan fingerprint density at radius 2 is 0.781 bits per heavy atom. The summed E-state index contributed by atoms with van der Waals surface area (Å²) in [6.07, 6.45) is 64.4. The quantitative estimate of drug-likeness (QED) is 0.0321. The van der Waals surface area contributed by atoms with Crippen molar-refractivity contribution in [3.05, 3.63) is 24.3 Å². The predicted octanol–water partition coefficient (Wildman–Crippen LogP) is 17.5. The highest BCUT2D eigenvalue weighted by atomic mass is 16.5. The molecule has 3 N–H and O–H groups in total. The van der Waals surface area contributed by atoms with E-state index in [1.807, 2.05) is 0 Å². The van der Waals surface area contributed by atoms with Gasteiger partial charge in [0.1, 0.15) is 0 Å². The molecule has 0 saturated heterocycles. The molecule has 0 rings (SSSR count). The van der Waals surface area contributed by atoms with Crippen LogP contribution in [0.1, 0.15) is 309 Å². The molecule has 0 bridgehead atoms. The second-order valence-electron chi connectivity index (χ2n) is 19.6. The molecule has 0 aliphatic carbocycles. The van der Waals surface area contributed by atoms with Crippen molar-refractivity contribution >= 4 is 11.9 Å². The Kier molecular flexibility index (Phi) is 52.6. The Hall–Kier alpha value is -1.66. The molecule has 0 aromatic rings. The van der Waals surface area contributed by atoms with Gasteiger partial charge in [0.2, 0.25) is 5.91 Å². The van der Waals surface area contributed by atoms with Crippen molar-refractivity contribution < 1.29 is 24.5 Å². The van der Waals surface area contributed by atoms with Gasteiger partial charge >= 0.3 is 5.97 Å². The third-order valence-electron chi connectivity index (χ3n) is 13.3. The Labute approximate surface area is 399 Å². The normalized spacial score (nSPS) is 12.8. The molecule has 0 spiro atoms. The molecule has 0 heterocycles. The van der Waals surface area contributed by atoms with Gasteiger partial charge in [-0.15, -0.1) is 0 Å². The summed E-state index contributed by atoms with van der Waals surface area (Å²) in [7, 11) is 0. The number of nitrogens with one attached hydrogen (secondary N) is 1. The van der Waals surface area contributed by atoms with Gasteiger partial charge in [-0.1, -0.05) is 263 Å². The molecule has 0 aliphatic heterocycles. The minimum atomic E-state index is -0.670. The highest BCUT2D eigenvalue weighted by Gasteiger charge is 2.20. The highest BCUT2D eigenvalue weighted by molar-refractivity contribution is 5.76. The summed E-state index contributed by atoms with van der Waals surface area (Å²) in [5.74, 6) is -0.0548. The molecule has 0 fully saturated rings. The van der Waals surface area contributed by atoms with Gasteiger partial charge in [0.25, 0.3) is 0 Å². The van der Waals surface area contributed by atoms with E-state index >= 15 is 0 Å². The monoisotopic (exact) mass is 902 g/mol. The third kappa shape index (κ3) is 49.8. The van der Waals surface area contributed by atoms with Crippen LogP contribution in [0, 0.1) is 0 Å². The number of ether oxygens (including phenoxy) is 1. The largest absolute Gasteiger partial charge is 0.466 e. The van der Waals surface area contributed by atoms with Crippen LogP contribution in [0.25, 0.3) is 0 Å². The fourth-order valence-corrected chi connectivity index (χ4v) is 8.85. The number of rotatable bonds is 53. The van der Waals surface area contributed by atoms with Crippen molar-refractivity contribution in [2.24, 2.45) is 0 Å². The summed E-state index contributed by atoms with van der Waals surface area (Å²) in [6.45, 7) is 4.92. The van der Waals surface area contributed by atoms with E-state index in [0.717, 1.165) is 57.8 Å². The van der Waals surface area contributed by atoms with E-state index in [4.69, 9.17) is 4.74 Å². The van der Waals surface area contributed by atoms with Crippen molar-refractivity contribution in [2.45, 2.75) is 321 Å². The van der Waals surface area contributed by atoms with Gasteiger partial charge in [0, 0.05) is 12.8 Å². The lowest BCUT2D eigenvalue weighted by Crippen LogP contribution is -2.45. The average Bonchev–Trinajstić information content (AvgIpc) is 3.29. The Morgan fingerprint density at radius 1 is 0.438 bits per heavy atom. The van der Waals surface area contributed by atoms with Crippen LogP contribution in [0.5, 0.6) is 0 Å². The van der Waals surface area contributed by atoms with E-state index in [1.165, 1.54) is 218 Å². The first-order chi connectivity index (χ1) is 31.5. The van der Waals surface area contributed by atoms with E-state index in [2.05, 4.69) is 43.5 Å². The number of aliphatic hydroxyl groups is 2. The molecule has 0 aromatic heterocycles. The number of carbonyl (C=O) groups is 2. The standard InChI is InChI=1S/C58H111NO5/c1-3-5-7-9-11-13-15-17-19-22-26-30-34-38-42-46-50-56(61)55(54-60)59-57(62)51-47-43-39-35-31-27-23-21-25-29-33-37-41-45-49-53-64-58(63)52-48-44-40-36-32-28-24-20-18-16-14-12-10-8-6-4-2/h14,16,20,24,55-56,60-61H,3-13,15,17-19,21-23,25-54H2,1-2H3,(H,59,62)/b16-14-,24-20-. The van der Waals surface area contributed by atoms with E-state index < -0.39 is 12.1 Å². The second-order valence-corrected chi connectivity index (χ2v) is 19.6. The number of aliphatic hydroxyl groups excluding tert-OH is 2. The summed E-state index contributed by atoms with van der Waals surface area (Å²) in [5.41, 5.74) is 0. The Bertz CT molecular complexity index is 997. The maximum atomic E-state index is 12.5. The fraction of sp³-hybridized carbons (Fsp3) is 0.897. The SMILES string of the molecule is CCCCCC/C=C\C/C=C\CCCCCCCC(=O)OCCCCCCCCCCCCCCCCCC(=O)NC(CO)C(O)CCCCCCCCCCCCCCCCCC. The molecule has 1 amide bonds. The molecular formula is C58H111NO5. The van der Waals surface area contributed by atoms with Crippen molar-refractivity contribution in [3.8, 4) is 0 Å². The zero-order valence-electron chi connectivity index (χ0n) is 43.0. The summed E-state index contributed by atoms with van der Waals surface area (Å²) in [5, 5.41) is 23.3. The molecule has 378 valence electrons. The van der Waals surface area contributed by atoms with E-state index in [-0.39, 0.29) is 18.5 Å². The molecule has 6 nitrogen and oxygen atoms in total. The van der Waals surface area contributed by atoms with Gasteiger partial charge in [-0.05, 0) is 57.8 Å². The lowest BCUT2D eigenvalue weighted by atomic mass is 10.0. The zero-order valence-corrected chi connectivity index (χ0v) is 43.0. The molecule has 64 heavy (non-hydrogen) atoms. The number of allylic oxidation sites excluding steroid dienone is 4. The molecule has 2 unspecified atom stereocenters. The Balaban J connectivity index is 3.44. The summed E-state index contributed by atoms with van der Waals surface area (Å²) in [4.78, 5) is 24.5. The van der Waals surface area contributed by atoms with Crippen LogP contribution < -0.4 is 5.32 Å². The topological polar surface area (TPSA) is 95.9 Å². The highest BCUT2D eigenvalue weighted by Crippen LogP contribution is 2.17. The van der Waals surface area contributed by atoms with Crippen molar-refractivity contribution in [2.75, 3.05) is 13.2 Å². The number of esters is 1. The molecule has 0 saturated carbocycles. The van der Waals surface area contributed by atoms with E-state index in [1.54, 1.807) is 0 Å². The van der Waals surface area contributed by atoms with Gasteiger partial charge in [0.15, 0.2) is 0 Å². The molecule has 0 aliphatic rings. The molecule has 6 heteroatoms. The Morgan fingerprint density at radius 3 is 1.20 bits per heavy atom. The third-order valence-corrected chi connectivity index (χ3v) is 13.3. The van der Waals surface area contributed by atoms with E-state index in [0.29, 0.717) is 25.9 Å². The molecule has 0 radical (unpaired) electrons. The van der Waals surface area contributed by atoms with Crippen LogP contribution in [-0.2, 0) is 14.3 Å². The van der Waals surface area contributed by atoms with Crippen LogP contribution >= 0.6 is 0 Å². The van der Waals surface area contributed by atoms with Crippen LogP contribution in [0.2, 0.25) is 0 Å². The summed E-state index contributed by atoms with van der Waals surface area (Å²) >= 11 is 0. The predicted molar refractivity (Wildman–Crippen MR) is 278 cm³/mol. The first kappa shape index (κ1) is 62.3. The number of hydrogen-bond donors (Lipinski definition) is 3. The lowest BCUT2D eigenvalue weighted by molar-refractivity contribution is -0.143. The summed E-state index contributed by atoms with van der Waals surface area (Å²) in [6, 6.07) is -0.548. The number of unbranched alkanes of at least 4 members (excludes halogenated alkanes) is 38. The van der Waals surface area contributed by atoms with E-state index in [9.17, 15) is 19.8 Å².